The topological polar surface area (TPSA) is 93.6 Å². The van der Waals surface area contributed by atoms with E-state index in [1.807, 2.05) is 32.0 Å². The van der Waals surface area contributed by atoms with Gasteiger partial charge in [-0.3, -0.25) is 14.2 Å². The van der Waals surface area contributed by atoms with Crippen molar-refractivity contribution in [2.45, 2.75) is 46.7 Å². The number of benzene rings is 2. The third-order valence-electron chi connectivity index (χ3n) is 5.39. The van der Waals surface area contributed by atoms with Gasteiger partial charge in [0.25, 0.3) is 11.5 Å². The molecule has 0 bridgehead atoms. The van der Waals surface area contributed by atoms with Crippen molar-refractivity contribution in [1.82, 2.24) is 14.5 Å². The number of nitrogens with zero attached hydrogens (tertiary/aromatic N) is 2. The fraction of sp³-hybridized carbons (Fsp3) is 0.400. The number of amides is 1. The van der Waals surface area contributed by atoms with Crippen LogP contribution in [0.4, 0.5) is 0 Å². The summed E-state index contributed by atoms with van der Waals surface area (Å²) >= 11 is 0. The van der Waals surface area contributed by atoms with Gasteiger partial charge in [-0.05, 0) is 55.7 Å². The Bertz CT molecular complexity index is 1250. The number of H-pyrrole nitrogens is 1. The van der Waals surface area contributed by atoms with Crippen LogP contribution in [0, 0.1) is 0 Å². The van der Waals surface area contributed by atoms with Gasteiger partial charge < -0.3 is 19.4 Å². The Morgan fingerprint density at radius 1 is 1.03 bits per heavy atom. The lowest BCUT2D eigenvalue weighted by Gasteiger charge is -2.23. The normalized spacial score (nSPS) is 10.9. The molecular formula is C25H31N3O5. The Labute approximate surface area is 192 Å². The van der Waals surface area contributed by atoms with E-state index in [2.05, 4.69) is 4.98 Å². The smallest absolute Gasteiger partial charge is 0.328 e. The quantitative estimate of drug-likeness (QED) is 0.507. The SMILES string of the molecule is CCCOc1ccc(CN(CCC)C(=O)c2ccc3c(=O)n(CC)c(=O)[nH]c3c2)cc1OC. The predicted molar refractivity (Wildman–Crippen MR) is 128 cm³/mol. The predicted octanol–water partition coefficient (Wildman–Crippen LogP) is 3.56. The van der Waals surface area contributed by atoms with Gasteiger partial charge in [-0.15, -0.1) is 0 Å². The van der Waals surface area contributed by atoms with Crippen LogP contribution in [-0.2, 0) is 13.1 Å². The van der Waals surface area contributed by atoms with Gasteiger partial charge in [0.1, 0.15) is 0 Å². The Morgan fingerprint density at radius 3 is 2.48 bits per heavy atom. The molecule has 0 aliphatic carbocycles. The first-order chi connectivity index (χ1) is 15.9. The van der Waals surface area contributed by atoms with Crippen molar-refractivity contribution < 1.29 is 14.3 Å². The van der Waals surface area contributed by atoms with E-state index in [-0.39, 0.29) is 18.0 Å². The maximum absolute atomic E-state index is 13.3. The fourth-order valence-corrected chi connectivity index (χ4v) is 3.74. The highest BCUT2D eigenvalue weighted by Crippen LogP contribution is 2.29. The molecule has 1 aromatic heterocycles. The molecular weight excluding hydrogens is 422 g/mol. The van der Waals surface area contributed by atoms with E-state index in [9.17, 15) is 14.4 Å². The van der Waals surface area contributed by atoms with Gasteiger partial charge in [0.05, 0.1) is 24.6 Å². The minimum Gasteiger partial charge on any atom is -0.493 e. The van der Waals surface area contributed by atoms with Crippen LogP contribution in [-0.4, -0.2) is 40.6 Å². The molecule has 176 valence electrons. The molecule has 0 saturated carbocycles. The van der Waals surface area contributed by atoms with Crippen molar-refractivity contribution >= 4 is 16.8 Å². The van der Waals surface area contributed by atoms with Crippen molar-refractivity contribution in [2.24, 2.45) is 0 Å². The summed E-state index contributed by atoms with van der Waals surface area (Å²) in [4.78, 5) is 42.5. The number of fused-ring (bicyclic) bond motifs is 1. The molecule has 0 saturated heterocycles. The summed E-state index contributed by atoms with van der Waals surface area (Å²) < 4.78 is 12.3. The lowest BCUT2D eigenvalue weighted by atomic mass is 10.1. The van der Waals surface area contributed by atoms with Crippen LogP contribution in [0.5, 0.6) is 11.5 Å². The molecule has 1 amide bonds. The molecule has 8 nitrogen and oxygen atoms in total. The van der Waals surface area contributed by atoms with E-state index in [4.69, 9.17) is 9.47 Å². The van der Waals surface area contributed by atoms with Gasteiger partial charge in [0.15, 0.2) is 11.5 Å². The minimum atomic E-state index is -0.484. The molecule has 3 aromatic rings. The molecule has 33 heavy (non-hydrogen) atoms. The van der Waals surface area contributed by atoms with Crippen LogP contribution >= 0.6 is 0 Å². The van der Waals surface area contributed by atoms with Gasteiger partial charge in [-0.1, -0.05) is 19.9 Å². The third kappa shape index (κ3) is 5.27. The number of methoxy groups -OCH3 is 1. The van der Waals surface area contributed by atoms with E-state index in [1.54, 1.807) is 37.1 Å². The van der Waals surface area contributed by atoms with E-state index >= 15 is 0 Å². The number of hydrogen-bond acceptors (Lipinski definition) is 5. The van der Waals surface area contributed by atoms with Gasteiger partial charge in [-0.2, -0.15) is 0 Å². The fourth-order valence-electron chi connectivity index (χ4n) is 3.74. The van der Waals surface area contributed by atoms with Crippen molar-refractivity contribution in [3.63, 3.8) is 0 Å². The number of ether oxygens (including phenoxy) is 2. The highest BCUT2D eigenvalue weighted by Gasteiger charge is 2.18. The van der Waals surface area contributed by atoms with E-state index in [0.29, 0.717) is 47.7 Å². The molecule has 0 spiro atoms. The van der Waals surface area contributed by atoms with E-state index in [0.717, 1.165) is 23.0 Å². The number of aromatic amines is 1. The molecule has 1 heterocycles. The number of carbonyl (C=O) groups is 1. The zero-order chi connectivity index (χ0) is 24.0. The molecule has 8 heteroatoms. The molecule has 0 aliphatic rings. The molecule has 0 aliphatic heterocycles. The number of hydrogen-bond donors (Lipinski definition) is 1. The zero-order valence-corrected chi connectivity index (χ0v) is 19.6. The van der Waals surface area contributed by atoms with Crippen LogP contribution in [0.25, 0.3) is 10.9 Å². The number of rotatable bonds is 10. The summed E-state index contributed by atoms with van der Waals surface area (Å²) in [5, 5.41) is 0.377. The molecule has 3 rings (SSSR count). The zero-order valence-electron chi connectivity index (χ0n) is 19.6. The van der Waals surface area contributed by atoms with Crippen LogP contribution in [0.15, 0.2) is 46.0 Å². The molecule has 0 atom stereocenters. The summed E-state index contributed by atoms with van der Waals surface area (Å²) in [6, 6.07) is 10.5. The van der Waals surface area contributed by atoms with Crippen molar-refractivity contribution in [3.8, 4) is 11.5 Å². The van der Waals surface area contributed by atoms with Gasteiger partial charge >= 0.3 is 5.69 Å². The lowest BCUT2D eigenvalue weighted by molar-refractivity contribution is 0.0743. The van der Waals surface area contributed by atoms with E-state index < -0.39 is 5.69 Å². The Morgan fingerprint density at radius 2 is 1.82 bits per heavy atom. The largest absolute Gasteiger partial charge is 0.493 e. The summed E-state index contributed by atoms with van der Waals surface area (Å²) in [6.45, 7) is 7.61. The first-order valence-electron chi connectivity index (χ1n) is 11.3. The molecule has 1 N–H and O–H groups in total. The monoisotopic (exact) mass is 453 g/mol. The maximum atomic E-state index is 13.3. The Hall–Kier alpha value is -3.55. The molecule has 0 fully saturated rings. The summed E-state index contributed by atoms with van der Waals surface area (Å²) in [5.41, 5.74) is 0.837. The summed E-state index contributed by atoms with van der Waals surface area (Å²) in [6.07, 6.45) is 1.68. The second kappa shape index (κ2) is 10.8. The number of aromatic nitrogens is 2. The average molecular weight is 454 g/mol. The standard InChI is InChI=1S/C25H31N3O5/c1-5-12-27(16-17-8-11-21(33-13-6-2)22(14-17)32-4)23(29)18-9-10-19-20(15-18)26-25(31)28(7-3)24(19)30/h8-11,14-15H,5-7,12-13,16H2,1-4H3,(H,26,31). The second-order valence-corrected chi connectivity index (χ2v) is 7.80. The van der Waals surface area contributed by atoms with Crippen LogP contribution < -0.4 is 20.7 Å². The van der Waals surface area contributed by atoms with Crippen molar-refractivity contribution in [3.05, 3.63) is 68.4 Å². The minimum absolute atomic E-state index is 0.176. The third-order valence-corrected chi connectivity index (χ3v) is 5.39. The molecule has 0 unspecified atom stereocenters. The van der Waals surface area contributed by atoms with E-state index in [1.165, 1.54) is 0 Å². The number of carbonyl (C=O) groups excluding carboxylic acids is 1. The molecule has 0 radical (unpaired) electrons. The maximum Gasteiger partial charge on any atom is 0.328 e. The summed E-state index contributed by atoms with van der Waals surface area (Å²) in [7, 11) is 1.59. The first-order valence-corrected chi connectivity index (χ1v) is 11.3. The van der Waals surface area contributed by atoms with Crippen molar-refractivity contribution in [2.75, 3.05) is 20.3 Å². The Balaban J connectivity index is 1.90. The van der Waals surface area contributed by atoms with Gasteiger partial charge in [-0.25, -0.2) is 4.79 Å². The van der Waals surface area contributed by atoms with Gasteiger partial charge in [0.2, 0.25) is 0 Å². The van der Waals surface area contributed by atoms with Crippen molar-refractivity contribution in [1.29, 1.82) is 0 Å². The molecule has 2 aromatic carbocycles. The highest BCUT2D eigenvalue weighted by molar-refractivity contribution is 5.97. The van der Waals surface area contributed by atoms with Gasteiger partial charge in [0, 0.05) is 25.2 Å². The van der Waals surface area contributed by atoms with Crippen LogP contribution in [0.2, 0.25) is 0 Å². The van der Waals surface area contributed by atoms with Crippen LogP contribution in [0.1, 0.15) is 49.5 Å². The average Bonchev–Trinajstić information content (AvgIpc) is 2.82. The van der Waals surface area contributed by atoms with Crippen LogP contribution in [0.3, 0.4) is 0 Å². The summed E-state index contributed by atoms with van der Waals surface area (Å²) in [5.74, 6) is 1.12. The first kappa shape index (κ1) is 24.1. The Kier molecular flexibility index (Phi) is 7.92. The number of nitrogens with one attached hydrogen (secondary N) is 1. The lowest BCUT2D eigenvalue weighted by Crippen LogP contribution is -2.34. The highest BCUT2D eigenvalue weighted by atomic mass is 16.5. The second-order valence-electron chi connectivity index (χ2n) is 7.80.